The standard InChI is InChI=1S/C19H23N3O4S/c1-25-19(24)10-13-9-18(22-16-7-3-2-6-15(16)21-13)27-12-17(23)20-11-14-5-4-8-26-14/h2-3,6-7,9,14,21H,4-5,8,10-12H2,1H3,(H,20,23)/t14-/m1/s1. The number of carbonyl (C=O) groups excluding carboxylic acids is 2. The molecule has 8 heteroatoms. The van der Waals surface area contributed by atoms with E-state index in [0.29, 0.717) is 17.3 Å². The van der Waals surface area contributed by atoms with Crippen LogP contribution < -0.4 is 10.6 Å². The molecule has 1 amide bonds. The first-order valence-electron chi connectivity index (χ1n) is 8.87. The number of methoxy groups -OCH3 is 1. The molecular formula is C19H23N3O4S. The Labute approximate surface area is 162 Å². The predicted molar refractivity (Wildman–Crippen MR) is 106 cm³/mol. The topological polar surface area (TPSA) is 89.0 Å². The van der Waals surface area contributed by atoms with Gasteiger partial charge in [0.05, 0.1) is 41.8 Å². The number of fused-ring (bicyclic) bond motifs is 1. The van der Waals surface area contributed by atoms with Gasteiger partial charge in [0.1, 0.15) is 0 Å². The second kappa shape index (κ2) is 9.57. The fraction of sp³-hybridized carbons (Fsp3) is 0.421. The quantitative estimate of drug-likeness (QED) is 0.727. The first-order chi connectivity index (χ1) is 13.1. The molecule has 1 aromatic carbocycles. The third kappa shape index (κ3) is 5.83. The smallest absolute Gasteiger partial charge is 0.311 e. The summed E-state index contributed by atoms with van der Waals surface area (Å²) < 4.78 is 10.3. The number of carbonyl (C=O) groups is 2. The summed E-state index contributed by atoms with van der Waals surface area (Å²) in [4.78, 5) is 28.4. The SMILES string of the molecule is COC(=O)CC1=CC(SCC(=O)NC[C@H]2CCCO2)=Nc2ccccc2N1. The van der Waals surface area contributed by atoms with Crippen LogP contribution in [0.1, 0.15) is 19.3 Å². The molecule has 0 unspecified atom stereocenters. The molecule has 0 saturated carbocycles. The lowest BCUT2D eigenvalue weighted by molar-refractivity contribution is -0.139. The first kappa shape index (κ1) is 19.4. The Kier molecular flexibility index (Phi) is 6.89. The Balaban J connectivity index is 1.63. The number of hydrogen-bond acceptors (Lipinski definition) is 7. The lowest BCUT2D eigenvalue weighted by Crippen LogP contribution is -2.33. The molecule has 2 aliphatic heterocycles. The summed E-state index contributed by atoms with van der Waals surface area (Å²) >= 11 is 1.33. The molecule has 1 atom stereocenters. The van der Waals surface area contributed by atoms with Gasteiger partial charge in [0.15, 0.2) is 0 Å². The van der Waals surface area contributed by atoms with Crippen molar-refractivity contribution in [1.82, 2.24) is 5.32 Å². The highest BCUT2D eigenvalue weighted by Crippen LogP contribution is 2.30. The van der Waals surface area contributed by atoms with E-state index in [4.69, 9.17) is 9.47 Å². The summed E-state index contributed by atoms with van der Waals surface area (Å²) in [5, 5.41) is 6.79. The van der Waals surface area contributed by atoms with Crippen LogP contribution in [0.2, 0.25) is 0 Å². The average molecular weight is 389 g/mol. The van der Waals surface area contributed by atoms with Crippen molar-refractivity contribution in [3.05, 3.63) is 36.0 Å². The van der Waals surface area contributed by atoms with Gasteiger partial charge in [-0.25, -0.2) is 4.99 Å². The number of rotatable bonds is 6. The lowest BCUT2D eigenvalue weighted by atomic mass is 10.2. The molecule has 7 nitrogen and oxygen atoms in total. The third-order valence-corrected chi connectivity index (χ3v) is 5.10. The number of thioether (sulfide) groups is 1. The number of para-hydroxylation sites is 2. The van der Waals surface area contributed by atoms with E-state index in [1.165, 1.54) is 18.9 Å². The van der Waals surface area contributed by atoms with E-state index in [2.05, 4.69) is 15.6 Å². The van der Waals surface area contributed by atoms with E-state index in [1.807, 2.05) is 24.3 Å². The normalized spacial score (nSPS) is 18.5. The summed E-state index contributed by atoms with van der Waals surface area (Å²) in [6, 6.07) is 7.57. The summed E-state index contributed by atoms with van der Waals surface area (Å²) in [5.41, 5.74) is 2.25. The number of hydrogen-bond donors (Lipinski definition) is 2. The Bertz CT molecular complexity index is 757. The van der Waals surface area contributed by atoms with Gasteiger partial charge in [-0.05, 0) is 31.1 Å². The molecule has 2 heterocycles. The van der Waals surface area contributed by atoms with Crippen LogP contribution in [-0.2, 0) is 19.1 Å². The third-order valence-electron chi connectivity index (χ3n) is 4.19. The largest absolute Gasteiger partial charge is 0.469 e. The number of benzene rings is 1. The zero-order chi connectivity index (χ0) is 19.1. The summed E-state index contributed by atoms with van der Waals surface area (Å²) in [5.74, 6) is -0.159. The van der Waals surface area contributed by atoms with Crippen LogP contribution in [0.3, 0.4) is 0 Å². The van der Waals surface area contributed by atoms with E-state index in [0.717, 1.165) is 30.8 Å². The van der Waals surface area contributed by atoms with E-state index >= 15 is 0 Å². The van der Waals surface area contributed by atoms with Crippen LogP contribution in [0.25, 0.3) is 0 Å². The summed E-state index contributed by atoms with van der Waals surface area (Å²) in [7, 11) is 1.36. The minimum atomic E-state index is -0.341. The zero-order valence-corrected chi connectivity index (χ0v) is 16.0. The highest BCUT2D eigenvalue weighted by atomic mass is 32.2. The van der Waals surface area contributed by atoms with Gasteiger partial charge < -0.3 is 20.1 Å². The molecule has 0 aliphatic carbocycles. The van der Waals surface area contributed by atoms with Gasteiger partial charge >= 0.3 is 5.97 Å². The number of anilines is 1. The molecule has 3 rings (SSSR count). The van der Waals surface area contributed by atoms with Crippen LogP contribution in [-0.4, -0.2) is 49.0 Å². The molecule has 0 spiro atoms. The van der Waals surface area contributed by atoms with E-state index in [9.17, 15) is 9.59 Å². The van der Waals surface area contributed by atoms with Gasteiger partial charge in [-0.3, -0.25) is 9.59 Å². The van der Waals surface area contributed by atoms with Crippen molar-refractivity contribution in [2.45, 2.75) is 25.4 Å². The minimum Gasteiger partial charge on any atom is -0.469 e. The van der Waals surface area contributed by atoms with Crippen molar-refractivity contribution >= 4 is 40.1 Å². The minimum absolute atomic E-state index is 0.0633. The summed E-state index contributed by atoms with van der Waals surface area (Å²) in [6.45, 7) is 1.31. The van der Waals surface area contributed by atoms with E-state index in [1.54, 1.807) is 6.08 Å². The highest BCUT2D eigenvalue weighted by Gasteiger charge is 2.17. The second-order valence-electron chi connectivity index (χ2n) is 6.24. The second-order valence-corrected chi connectivity index (χ2v) is 7.24. The van der Waals surface area contributed by atoms with Crippen LogP contribution in [0.15, 0.2) is 41.0 Å². The Morgan fingerprint density at radius 3 is 3.04 bits per heavy atom. The fourth-order valence-electron chi connectivity index (χ4n) is 2.81. The fourth-order valence-corrected chi connectivity index (χ4v) is 3.58. The Morgan fingerprint density at radius 1 is 1.41 bits per heavy atom. The van der Waals surface area contributed by atoms with Gasteiger partial charge in [-0.15, -0.1) is 0 Å². The zero-order valence-electron chi connectivity index (χ0n) is 15.2. The van der Waals surface area contributed by atoms with Crippen molar-refractivity contribution in [3.8, 4) is 0 Å². The molecule has 1 fully saturated rings. The van der Waals surface area contributed by atoms with Crippen molar-refractivity contribution in [2.75, 3.05) is 31.3 Å². The lowest BCUT2D eigenvalue weighted by Gasteiger charge is -2.10. The van der Waals surface area contributed by atoms with Gasteiger partial charge in [-0.1, -0.05) is 23.9 Å². The van der Waals surface area contributed by atoms with Crippen molar-refractivity contribution in [3.63, 3.8) is 0 Å². The Hall–Kier alpha value is -2.32. The number of amides is 1. The first-order valence-corrected chi connectivity index (χ1v) is 9.86. The predicted octanol–water partition coefficient (Wildman–Crippen LogP) is 2.62. The summed E-state index contributed by atoms with van der Waals surface area (Å²) in [6.07, 6.45) is 4.05. The van der Waals surface area contributed by atoms with E-state index < -0.39 is 0 Å². The molecular weight excluding hydrogens is 366 g/mol. The highest BCUT2D eigenvalue weighted by molar-refractivity contribution is 8.14. The average Bonchev–Trinajstić information content (AvgIpc) is 3.12. The molecule has 1 saturated heterocycles. The van der Waals surface area contributed by atoms with Crippen LogP contribution in [0.5, 0.6) is 0 Å². The number of ether oxygens (including phenoxy) is 2. The van der Waals surface area contributed by atoms with Gasteiger partial charge in [0.2, 0.25) is 5.91 Å². The number of nitrogens with one attached hydrogen (secondary N) is 2. The monoisotopic (exact) mass is 389 g/mol. The number of aliphatic imine (C=N–C) groups is 1. The molecule has 0 aromatic heterocycles. The van der Waals surface area contributed by atoms with Crippen molar-refractivity contribution in [2.24, 2.45) is 4.99 Å². The molecule has 27 heavy (non-hydrogen) atoms. The number of esters is 1. The van der Waals surface area contributed by atoms with Crippen LogP contribution >= 0.6 is 11.8 Å². The molecule has 0 bridgehead atoms. The van der Waals surface area contributed by atoms with Gasteiger partial charge in [0.25, 0.3) is 0 Å². The maximum Gasteiger partial charge on any atom is 0.311 e. The van der Waals surface area contributed by atoms with E-state index in [-0.39, 0.29) is 30.2 Å². The van der Waals surface area contributed by atoms with Gasteiger partial charge in [0, 0.05) is 18.8 Å². The molecule has 2 aliphatic rings. The molecule has 0 radical (unpaired) electrons. The molecule has 144 valence electrons. The Morgan fingerprint density at radius 2 is 2.26 bits per heavy atom. The van der Waals surface area contributed by atoms with Crippen molar-refractivity contribution in [1.29, 1.82) is 0 Å². The number of nitrogens with zero attached hydrogens (tertiary/aromatic N) is 1. The van der Waals surface area contributed by atoms with Crippen LogP contribution in [0.4, 0.5) is 11.4 Å². The molecule has 1 aromatic rings. The maximum atomic E-state index is 12.1. The molecule has 2 N–H and O–H groups in total. The van der Waals surface area contributed by atoms with Gasteiger partial charge in [-0.2, -0.15) is 0 Å². The maximum absolute atomic E-state index is 12.1. The van der Waals surface area contributed by atoms with Crippen molar-refractivity contribution < 1.29 is 19.1 Å². The van der Waals surface area contributed by atoms with Crippen LogP contribution in [0, 0.1) is 0 Å².